The second-order valence-corrected chi connectivity index (χ2v) is 5.06. The maximum atomic E-state index is 11.0. The van der Waals surface area contributed by atoms with Crippen molar-refractivity contribution in [3.8, 4) is 0 Å². The molecule has 0 radical (unpaired) electrons. The van der Waals surface area contributed by atoms with Gasteiger partial charge in [0.2, 0.25) is 5.91 Å². The molecule has 0 unspecified atom stereocenters. The highest BCUT2D eigenvalue weighted by Gasteiger charge is 2.00. The van der Waals surface area contributed by atoms with Gasteiger partial charge in [-0.1, -0.05) is 40.2 Å². The molecule has 1 amide bonds. The Morgan fingerprint density at radius 3 is 2.58 bits per heavy atom. The summed E-state index contributed by atoms with van der Waals surface area (Å²) in [5.74, 6) is -0.0667. The molecule has 0 aliphatic rings. The number of amides is 1. The molecule has 0 aromatic heterocycles. The number of halogens is 1. The topological polar surface area (TPSA) is 41.1 Å². The molecule has 4 heteroatoms. The lowest BCUT2D eigenvalue weighted by atomic mass is 10.2. The second-order valence-electron chi connectivity index (χ2n) is 4.21. The average Bonchev–Trinajstić information content (AvgIpc) is 2.37. The van der Waals surface area contributed by atoms with Gasteiger partial charge in [-0.15, -0.1) is 0 Å². The van der Waals surface area contributed by atoms with E-state index in [1.807, 2.05) is 42.5 Å². The number of hydrogen-bond acceptors (Lipinski definition) is 2. The predicted molar refractivity (Wildman–Crippen MR) is 82.2 cm³/mol. The molecule has 2 rings (SSSR count). The summed E-state index contributed by atoms with van der Waals surface area (Å²) in [7, 11) is 0. The fourth-order valence-corrected chi connectivity index (χ4v) is 2.17. The molecular weight excluding hydrogens is 304 g/mol. The van der Waals surface area contributed by atoms with Crippen LogP contribution in [-0.4, -0.2) is 5.91 Å². The number of benzene rings is 2. The van der Waals surface area contributed by atoms with Crippen molar-refractivity contribution in [3.05, 3.63) is 58.6 Å². The van der Waals surface area contributed by atoms with Gasteiger partial charge in [0.1, 0.15) is 0 Å². The van der Waals surface area contributed by atoms with Crippen LogP contribution >= 0.6 is 15.9 Å². The zero-order chi connectivity index (χ0) is 13.7. The van der Waals surface area contributed by atoms with Gasteiger partial charge in [0.15, 0.2) is 0 Å². The molecule has 3 nitrogen and oxygen atoms in total. The van der Waals surface area contributed by atoms with Gasteiger partial charge in [-0.05, 0) is 29.8 Å². The SMILES string of the molecule is CC(=O)Nc1cccc(NCc2ccccc2Br)c1. The molecular formula is C15H15BrN2O. The van der Waals surface area contributed by atoms with Crippen molar-refractivity contribution < 1.29 is 4.79 Å². The highest BCUT2D eigenvalue weighted by Crippen LogP contribution is 2.19. The number of nitrogens with one attached hydrogen (secondary N) is 2. The van der Waals surface area contributed by atoms with E-state index in [9.17, 15) is 4.79 Å². The number of carbonyl (C=O) groups excluding carboxylic acids is 1. The third kappa shape index (κ3) is 4.10. The lowest BCUT2D eigenvalue weighted by Gasteiger charge is -2.10. The Bertz CT molecular complexity index is 584. The monoisotopic (exact) mass is 318 g/mol. The standard InChI is InChI=1S/C15H15BrN2O/c1-11(19)18-14-7-4-6-13(9-14)17-10-12-5-2-3-8-15(12)16/h2-9,17H,10H2,1H3,(H,18,19). The first kappa shape index (κ1) is 13.6. The summed E-state index contributed by atoms with van der Waals surface area (Å²) in [6.07, 6.45) is 0. The Morgan fingerprint density at radius 1 is 1.11 bits per heavy atom. The van der Waals surface area contributed by atoms with Crippen molar-refractivity contribution in [2.24, 2.45) is 0 Å². The molecule has 0 aliphatic heterocycles. The Kier molecular flexibility index (Phi) is 4.58. The first-order valence-electron chi connectivity index (χ1n) is 6.00. The summed E-state index contributed by atoms with van der Waals surface area (Å²) in [5, 5.41) is 6.10. The van der Waals surface area contributed by atoms with E-state index >= 15 is 0 Å². The van der Waals surface area contributed by atoms with Gasteiger partial charge in [0.05, 0.1) is 0 Å². The minimum atomic E-state index is -0.0667. The second kappa shape index (κ2) is 6.38. The molecule has 0 fully saturated rings. The highest BCUT2D eigenvalue weighted by molar-refractivity contribution is 9.10. The summed E-state index contributed by atoms with van der Waals surface area (Å²) in [5.41, 5.74) is 2.96. The molecule has 2 N–H and O–H groups in total. The van der Waals surface area contributed by atoms with Gasteiger partial charge < -0.3 is 10.6 Å². The first-order chi connectivity index (χ1) is 9.15. The molecule has 0 saturated heterocycles. The maximum Gasteiger partial charge on any atom is 0.221 e. The quantitative estimate of drug-likeness (QED) is 0.894. The largest absolute Gasteiger partial charge is 0.381 e. The van der Waals surface area contributed by atoms with E-state index in [1.165, 1.54) is 12.5 Å². The Balaban J connectivity index is 2.03. The molecule has 0 atom stereocenters. The van der Waals surface area contributed by atoms with Crippen LogP contribution < -0.4 is 10.6 Å². The van der Waals surface area contributed by atoms with Gasteiger partial charge >= 0.3 is 0 Å². The molecule has 2 aromatic carbocycles. The summed E-state index contributed by atoms with van der Waals surface area (Å²) < 4.78 is 1.08. The van der Waals surface area contributed by atoms with E-state index in [0.717, 1.165) is 22.4 Å². The van der Waals surface area contributed by atoms with E-state index in [0.29, 0.717) is 0 Å². The Labute approximate surface area is 121 Å². The van der Waals surface area contributed by atoms with Crippen LogP contribution in [0.5, 0.6) is 0 Å². The normalized spacial score (nSPS) is 10.0. The van der Waals surface area contributed by atoms with Gasteiger partial charge in [-0.3, -0.25) is 4.79 Å². The third-order valence-electron chi connectivity index (χ3n) is 2.62. The average molecular weight is 319 g/mol. The van der Waals surface area contributed by atoms with Crippen molar-refractivity contribution >= 4 is 33.2 Å². The predicted octanol–water partition coefficient (Wildman–Crippen LogP) is 4.02. The minimum Gasteiger partial charge on any atom is -0.381 e. The van der Waals surface area contributed by atoms with Gasteiger partial charge in [-0.2, -0.15) is 0 Å². The molecule has 0 aliphatic carbocycles. The van der Waals surface area contributed by atoms with Crippen LogP contribution in [0.3, 0.4) is 0 Å². The minimum absolute atomic E-state index is 0.0667. The molecule has 0 saturated carbocycles. The lowest BCUT2D eigenvalue weighted by Crippen LogP contribution is -2.06. The van der Waals surface area contributed by atoms with Crippen molar-refractivity contribution in [1.82, 2.24) is 0 Å². The summed E-state index contributed by atoms with van der Waals surface area (Å²) in [4.78, 5) is 11.0. The molecule has 0 spiro atoms. The molecule has 98 valence electrons. The molecule has 0 heterocycles. The van der Waals surface area contributed by atoms with Crippen molar-refractivity contribution in [2.45, 2.75) is 13.5 Å². The van der Waals surface area contributed by atoms with Crippen LogP contribution in [0.2, 0.25) is 0 Å². The molecule has 2 aromatic rings. The zero-order valence-electron chi connectivity index (χ0n) is 10.6. The molecule has 19 heavy (non-hydrogen) atoms. The van der Waals surface area contributed by atoms with Gasteiger partial charge in [0, 0.05) is 29.3 Å². The zero-order valence-corrected chi connectivity index (χ0v) is 12.2. The lowest BCUT2D eigenvalue weighted by molar-refractivity contribution is -0.114. The smallest absolute Gasteiger partial charge is 0.221 e. The number of anilines is 2. The Hall–Kier alpha value is -1.81. The summed E-state index contributed by atoms with van der Waals surface area (Å²) in [6.45, 7) is 2.23. The van der Waals surface area contributed by atoms with Crippen LogP contribution in [-0.2, 0) is 11.3 Å². The van der Waals surface area contributed by atoms with Crippen LogP contribution in [0.4, 0.5) is 11.4 Å². The van der Waals surface area contributed by atoms with E-state index in [-0.39, 0.29) is 5.91 Å². The summed E-state index contributed by atoms with van der Waals surface area (Å²) >= 11 is 3.52. The number of rotatable bonds is 4. The van der Waals surface area contributed by atoms with Crippen molar-refractivity contribution in [2.75, 3.05) is 10.6 Å². The highest BCUT2D eigenvalue weighted by atomic mass is 79.9. The van der Waals surface area contributed by atoms with Crippen molar-refractivity contribution in [3.63, 3.8) is 0 Å². The number of carbonyl (C=O) groups is 1. The van der Waals surface area contributed by atoms with E-state index in [4.69, 9.17) is 0 Å². The van der Waals surface area contributed by atoms with Crippen LogP contribution in [0.25, 0.3) is 0 Å². The van der Waals surface area contributed by atoms with E-state index in [2.05, 4.69) is 32.6 Å². The van der Waals surface area contributed by atoms with Gasteiger partial charge in [0.25, 0.3) is 0 Å². The van der Waals surface area contributed by atoms with E-state index in [1.54, 1.807) is 0 Å². The molecule has 0 bridgehead atoms. The van der Waals surface area contributed by atoms with Crippen LogP contribution in [0.1, 0.15) is 12.5 Å². The first-order valence-corrected chi connectivity index (χ1v) is 6.79. The fraction of sp³-hybridized carbons (Fsp3) is 0.133. The van der Waals surface area contributed by atoms with Crippen LogP contribution in [0, 0.1) is 0 Å². The van der Waals surface area contributed by atoms with Gasteiger partial charge in [-0.25, -0.2) is 0 Å². The summed E-state index contributed by atoms with van der Waals surface area (Å²) in [6, 6.07) is 15.7. The Morgan fingerprint density at radius 2 is 1.84 bits per heavy atom. The fourth-order valence-electron chi connectivity index (χ4n) is 1.75. The van der Waals surface area contributed by atoms with Crippen LogP contribution in [0.15, 0.2) is 53.0 Å². The van der Waals surface area contributed by atoms with Crippen molar-refractivity contribution in [1.29, 1.82) is 0 Å². The third-order valence-corrected chi connectivity index (χ3v) is 3.40. The maximum absolute atomic E-state index is 11.0. The van der Waals surface area contributed by atoms with E-state index < -0.39 is 0 Å². The number of hydrogen-bond donors (Lipinski definition) is 2.